The van der Waals surface area contributed by atoms with Crippen molar-refractivity contribution in [2.75, 3.05) is 6.61 Å². The molecule has 1 aromatic rings. The summed E-state index contributed by atoms with van der Waals surface area (Å²) in [6.07, 6.45) is 9.93. The monoisotopic (exact) mass is 715 g/mol. The Hall–Kier alpha value is -0.590. The molecule has 6 rings (SSSR count). The van der Waals surface area contributed by atoms with E-state index >= 15 is 0 Å². The number of aromatic amines is 1. The molecule has 0 aromatic carbocycles. The Bertz CT molecular complexity index is 1520. The van der Waals surface area contributed by atoms with Gasteiger partial charge in [-0.15, -0.1) is 0 Å². The second-order valence-corrected chi connectivity index (χ2v) is 18.0. The van der Waals surface area contributed by atoms with Crippen LogP contribution < -0.4 is 40.8 Å². The van der Waals surface area contributed by atoms with Crippen molar-refractivity contribution in [2.24, 2.45) is 46.3 Å². The zero-order valence-corrected chi connectivity index (χ0v) is 33.1. The smallest absolute Gasteiger partial charge is 0.390 e. The summed E-state index contributed by atoms with van der Waals surface area (Å²) in [5.41, 5.74) is 0.0806. The summed E-state index contributed by atoms with van der Waals surface area (Å²) in [6.45, 7) is 11.5. The number of rotatable bonds is 11. The van der Waals surface area contributed by atoms with Crippen LogP contribution in [0.25, 0.3) is 0 Å². The predicted octanol–water partition coefficient (Wildman–Crippen LogP) is 2.70. The first kappa shape index (κ1) is 39.6. The number of aromatic nitrogens is 2. The number of aliphatic hydroxyl groups excluding tert-OH is 2. The van der Waals surface area contributed by atoms with Gasteiger partial charge in [-0.2, -0.15) is 0 Å². The second-order valence-electron chi connectivity index (χ2n) is 16.6. The van der Waals surface area contributed by atoms with Crippen molar-refractivity contribution >= 4 is 7.82 Å². The van der Waals surface area contributed by atoms with Gasteiger partial charge >= 0.3 is 43.1 Å². The molecule has 4 fully saturated rings. The van der Waals surface area contributed by atoms with E-state index in [0.29, 0.717) is 36.5 Å². The number of aliphatic hydroxyl groups is 2. The summed E-state index contributed by atoms with van der Waals surface area (Å²) in [5, 5.41) is 22.2. The molecular formula is C36H57N2NaO9P+. The molecule has 4 aliphatic carbocycles. The molecule has 1 aliphatic heterocycles. The van der Waals surface area contributed by atoms with E-state index < -0.39 is 56.3 Å². The zero-order chi connectivity index (χ0) is 34.6. The molecule has 1 saturated heterocycles. The quantitative estimate of drug-likeness (QED) is 0.154. The minimum atomic E-state index is -4.51. The summed E-state index contributed by atoms with van der Waals surface area (Å²) in [6, 6.07) is 1.18. The number of hydrogen-bond acceptors (Lipinski definition) is 8. The predicted molar refractivity (Wildman–Crippen MR) is 181 cm³/mol. The number of ether oxygens (including phenoxy) is 1. The van der Waals surface area contributed by atoms with E-state index in [-0.39, 0.29) is 52.7 Å². The van der Waals surface area contributed by atoms with Crippen molar-refractivity contribution in [1.29, 1.82) is 0 Å². The Morgan fingerprint density at radius 3 is 2.55 bits per heavy atom. The van der Waals surface area contributed by atoms with Crippen LogP contribution in [0.1, 0.15) is 111 Å². The first-order valence-electron chi connectivity index (χ1n) is 18.3. The van der Waals surface area contributed by atoms with E-state index in [9.17, 15) is 29.3 Å². The SMILES string of the molecule is CC(C)CCCC(C)C1CCC2C3C(O)C=C4CC(OP(=O)(O)OCC5OC(n6ccc(=O)[nH]c6=O)CC5O)CCC4(C)C3CCC12C.[Na+]. The van der Waals surface area contributed by atoms with Crippen molar-refractivity contribution in [1.82, 2.24) is 9.55 Å². The maximum Gasteiger partial charge on any atom is 1.00 e. The van der Waals surface area contributed by atoms with Gasteiger partial charge in [0, 0.05) is 18.7 Å². The van der Waals surface area contributed by atoms with E-state index in [0.717, 1.165) is 28.9 Å². The Labute approximate surface area is 312 Å². The zero-order valence-electron chi connectivity index (χ0n) is 30.3. The third-order valence-corrected chi connectivity index (χ3v) is 14.4. The molecule has 4 N–H and O–H groups in total. The van der Waals surface area contributed by atoms with Gasteiger partial charge in [0.1, 0.15) is 12.3 Å². The van der Waals surface area contributed by atoms with E-state index in [4.69, 9.17) is 13.8 Å². The molecule has 1 aromatic heterocycles. The van der Waals surface area contributed by atoms with Gasteiger partial charge in [0.2, 0.25) is 0 Å². The Morgan fingerprint density at radius 1 is 1.08 bits per heavy atom. The van der Waals surface area contributed by atoms with Gasteiger partial charge in [-0.3, -0.25) is 23.4 Å². The number of hydrogen-bond donors (Lipinski definition) is 4. The van der Waals surface area contributed by atoms with E-state index in [1.165, 1.54) is 50.8 Å². The summed E-state index contributed by atoms with van der Waals surface area (Å²) in [4.78, 5) is 36.3. The van der Waals surface area contributed by atoms with E-state index in [2.05, 4.69) is 39.6 Å². The van der Waals surface area contributed by atoms with Crippen LogP contribution >= 0.6 is 7.82 Å². The summed E-state index contributed by atoms with van der Waals surface area (Å²) >= 11 is 0. The Morgan fingerprint density at radius 2 is 1.84 bits per heavy atom. The van der Waals surface area contributed by atoms with Crippen LogP contribution in [0, 0.1) is 46.3 Å². The first-order valence-corrected chi connectivity index (χ1v) is 19.8. The molecule has 13 heteroatoms. The van der Waals surface area contributed by atoms with Crippen molar-refractivity contribution in [3.63, 3.8) is 0 Å². The topological polar surface area (TPSA) is 160 Å². The van der Waals surface area contributed by atoms with Gasteiger partial charge in [-0.25, -0.2) is 9.36 Å². The number of H-pyrrole nitrogens is 1. The second kappa shape index (κ2) is 15.4. The molecule has 0 spiro atoms. The fourth-order valence-corrected chi connectivity index (χ4v) is 11.8. The molecule has 5 aliphatic rings. The first-order chi connectivity index (χ1) is 22.6. The third-order valence-electron chi connectivity index (χ3n) is 13.3. The Balaban J connectivity index is 0.00000468. The van der Waals surface area contributed by atoms with E-state index in [1.807, 2.05) is 6.08 Å². The van der Waals surface area contributed by atoms with E-state index in [1.54, 1.807) is 0 Å². The largest absolute Gasteiger partial charge is 1.00 e. The van der Waals surface area contributed by atoms with Gasteiger partial charge < -0.3 is 19.8 Å². The minimum Gasteiger partial charge on any atom is -0.390 e. The van der Waals surface area contributed by atoms with Crippen LogP contribution in [0.2, 0.25) is 0 Å². The van der Waals surface area contributed by atoms with Crippen LogP contribution in [0.15, 0.2) is 33.5 Å². The summed E-state index contributed by atoms with van der Waals surface area (Å²) < 4.78 is 31.0. The molecule has 13 atom stereocenters. The van der Waals surface area contributed by atoms with Crippen molar-refractivity contribution in [2.45, 2.75) is 136 Å². The van der Waals surface area contributed by atoms with Gasteiger partial charge in [0.25, 0.3) is 5.56 Å². The van der Waals surface area contributed by atoms with Crippen molar-refractivity contribution < 1.29 is 63.0 Å². The van der Waals surface area contributed by atoms with Gasteiger partial charge in [0.05, 0.1) is 24.9 Å². The van der Waals surface area contributed by atoms with Crippen LogP contribution in [0.4, 0.5) is 0 Å². The number of phosphoric ester groups is 1. The molecule has 270 valence electrons. The number of phosphoric acid groups is 1. The fourth-order valence-electron chi connectivity index (χ4n) is 10.8. The molecule has 11 nitrogen and oxygen atoms in total. The molecule has 2 heterocycles. The number of nitrogens with zero attached hydrogens (tertiary/aromatic N) is 1. The summed E-state index contributed by atoms with van der Waals surface area (Å²) in [5.74, 6) is 3.28. The van der Waals surface area contributed by atoms with Crippen LogP contribution in [0.3, 0.4) is 0 Å². The summed E-state index contributed by atoms with van der Waals surface area (Å²) in [7, 11) is -4.51. The third kappa shape index (κ3) is 8.02. The minimum absolute atomic E-state index is 0. The van der Waals surface area contributed by atoms with Crippen molar-refractivity contribution in [3.05, 3.63) is 44.8 Å². The average molecular weight is 716 g/mol. The van der Waals surface area contributed by atoms with Crippen LogP contribution in [0.5, 0.6) is 0 Å². The van der Waals surface area contributed by atoms with Gasteiger partial charge in [-0.1, -0.05) is 65.5 Å². The molecule has 3 saturated carbocycles. The normalized spacial score (nSPS) is 40.4. The molecule has 0 bridgehead atoms. The molecule has 0 radical (unpaired) electrons. The number of nitrogens with one attached hydrogen (secondary N) is 1. The van der Waals surface area contributed by atoms with Crippen molar-refractivity contribution in [3.8, 4) is 0 Å². The van der Waals surface area contributed by atoms with Crippen LogP contribution in [-0.4, -0.2) is 55.7 Å². The standard InChI is InChI=1S/C36H57N2O9P.Na/c1-21(2)7-6-8-22(3)25-9-10-26-33-27(12-15-36(25,26)5)35(4)14-11-24(17-23(35)18-29(33)40)47-48(43,44)45-20-30-28(39)19-32(46-30)38-16-13-31(41)37-34(38)42;/h13,16,18,21-22,24-30,32-33,39-40H,6-12,14-15,17,19-20H2,1-5H3,(H,43,44)(H,37,41,42);/q;+1. The van der Waals surface area contributed by atoms with Gasteiger partial charge in [0.15, 0.2) is 0 Å². The van der Waals surface area contributed by atoms with Gasteiger partial charge in [-0.05, 0) is 91.3 Å². The maximum atomic E-state index is 13.1. The number of fused-ring (bicyclic) bond motifs is 5. The Kier molecular flexibility index (Phi) is 12.5. The maximum absolute atomic E-state index is 13.1. The fraction of sp³-hybridized carbons (Fsp3) is 0.833. The molecule has 13 unspecified atom stereocenters. The molecule has 49 heavy (non-hydrogen) atoms. The molecule has 0 amide bonds. The molecular weight excluding hydrogens is 658 g/mol. The van der Waals surface area contributed by atoms with Crippen LogP contribution in [-0.2, 0) is 18.3 Å². The average Bonchev–Trinajstić information content (AvgIpc) is 3.55.